The molecular formula is C31H27ClN2O7S. The maximum absolute atomic E-state index is 14.0. The van der Waals surface area contributed by atoms with E-state index in [9.17, 15) is 19.5 Å². The number of thiazole rings is 1. The number of aromatic carboxylic acids is 1. The third kappa shape index (κ3) is 5.43. The maximum Gasteiger partial charge on any atom is 0.338 e. The topological polar surface area (TPSA) is 120 Å². The summed E-state index contributed by atoms with van der Waals surface area (Å²) in [6.45, 7) is 3.85. The Morgan fingerprint density at radius 3 is 2.67 bits per heavy atom. The van der Waals surface area contributed by atoms with Gasteiger partial charge in [0, 0.05) is 22.2 Å². The van der Waals surface area contributed by atoms with Crippen molar-refractivity contribution in [3.8, 4) is 17.1 Å². The Morgan fingerprint density at radius 1 is 1.17 bits per heavy atom. The fourth-order valence-corrected chi connectivity index (χ4v) is 6.10. The van der Waals surface area contributed by atoms with Gasteiger partial charge in [-0.15, -0.1) is 0 Å². The third-order valence-electron chi connectivity index (χ3n) is 6.70. The lowest BCUT2D eigenvalue weighted by Crippen LogP contribution is -2.40. The zero-order valence-electron chi connectivity index (χ0n) is 23.0. The second-order valence-electron chi connectivity index (χ2n) is 9.35. The zero-order chi connectivity index (χ0) is 30.0. The van der Waals surface area contributed by atoms with Gasteiger partial charge in [-0.2, -0.15) is 0 Å². The molecule has 0 spiro atoms. The van der Waals surface area contributed by atoms with Crippen LogP contribution in [0.3, 0.4) is 0 Å². The fourth-order valence-electron chi connectivity index (χ4n) is 4.92. The minimum absolute atomic E-state index is 0.100. The number of carboxylic acids is 1. The van der Waals surface area contributed by atoms with Crippen molar-refractivity contribution >= 4 is 41.0 Å². The summed E-state index contributed by atoms with van der Waals surface area (Å²) in [5.41, 5.74) is 1.43. The largest absolute Gasteiger partial charge is 0.496 e. The summed E-state index contributed by atoms with van der Waals surface area (Å²) in [5.74, 6) is -0.493. The molecule has 42 heavy (non-hydrogen) atoms. The van der Waals surface area contributed by atoms with Gasteiger partial charge < -0.3 is 19.0 Å². The molecule has 2 aromatic heterocycles. The average Bonchev–Trinajstić information content (AvgIpc) is 3.56. The van der Waals surface area contributed by atoms with Crippen molar-refractivity contribution < 1.29 is 28.6 Å². The first-order chi connectivity index (χ1) is 20.3. The summed E-state index contributed by atoms with van der Waals surface area (Å²) in [5, 5.41) is 9.98. The second-order valence-corrected chi connectivity index (χ2v) is 10.8. The molecule has 3 heterocycles. The molecule has 1 N–H and O–H groups in total. The molecule has 0 saturated heterocycles. The molecule has 0 unspecified atom stereocenters. The molecule has 0 bridgehead atoms. The van der Waals surface area contributed by atoms with Crippen LogP contribution in [0.1, 0.15) is 54.4 Å². The number of nitrogens with zero attached hydrogens (tertiary/aromatic N) is 2. The summed E-state index contributed by atoms with van der Waals surface area (Å²) in [7, 11) is 1.51. The number of aromatic nitrogens is 1. The Morgan fingerprint density at radius 2 is 1.95 bits per heavy atom. The quantitative estimate of drug-likeness (QED) is 0.260. The highest BCUT2D eigenvalue weighted by molar-refractivity contribution is 7.07. The molecule has 0 amide bonds. The van der Waals surface area contributed by atoms with Crippen molar-refractivity contribution in [2.75, 3.05) is 13.7 Å². The van der Waals surface area contributed by atoms with E-state index in [0.29, 0.717) is 61.3 Å². The number of rotatable bonds is 9. The van der Waals surface area contributed by atoms with Crippen molar-refractivity contribution in [2.45, 2.75) is 32.7 Å². The van der Waals surface area contributed by atoms with E-state index >= 15 is 0 Å². The standard InChI is InChI=1S/C31H27ClN2O7S/c1-4-8-22-26(30(38)40-5-2)27(21-15-17(32)11-13-23(21)39-3)34-28(35)25(42-31(34)33-22)16-18-12-14-24(41-18)19-9-6-7-10-20(19)29(36)37/h6-7,9-16,27H,4-5,8H2,1-3H3,(H,36,37)/b25-16+/t27-/m0/s1. The number of fused-ring (bicyclic) bond motifs is 1. The number of hydrogen-bond acceptors (Lipinski definition) is 8. The lowest BCUT2D eigenvalue weighted by Gasteiger charge is -2.27. The van der Waals surface area contributed by atoms with E-state index in [-0.39, 0.29) is 17.7 Å². The molecule has 0 fully saturated rings. The molecule has 1 aliphatic rings. The molecule has 9 nitrogen and oxygen atoms in total. The van der Waals surface area contributed by atoms with E-state index in [2.05, 4.69) is 0 Å². The van der Waals surface area contributed by atoms with Crippen LogP contribution in [-0.4, -0.2) is 35.3 Å². The first-order valence-corrected chi connectivity index (χ1v) is 14.4. The lowest BCUT2D eigenvalue weighted by molar-refractivity contribution is -0.139. The number of carbonyl (C=O) groups excluding carboxylic acids is 1. The molecule has 2 aromatic carbocycles. The SMILES string of the molecule is CCCC1=C(C(=O)OCC)[C@H](c2cc(Cl)ccc2OC)n2c(s/c(=C/c3ccc(-c4ccccc4C(=O)O)o3)c2=O)=N1. The maximum atomic E-state index is 14.0. The minimum atomic E-state index is -1.08. The van der Waals surface area contributed by atoms with Gasteiger partial charge in [-0.3, -0.25) is 9.36 Å². The number of methoxy groups -OCH3 is 1. The predicted octanol–water partition coefficient (Wildman–Crippen LogP) is 5.20. The molecule has 0 radical (unpaired) electrons. The molecule has 1 atom stereocenters. The lowest BCUT2D eigenvalue weighted by atomic mass is 9.93. The van der Waals surface area contributed by atoms with E-state index in [0.717, 1.165) is 11.3 Å². The minimum Gasteiger partial charge on any atom is -0.496 e. The van der Waals surface area contributed by atoms with Crippen LogP contribution in [-0.2, 0) is 9.53 Å². The van der Waals surface area contributed by atoms with Crippen molar-refractivity contribution in [1.82, 2.24) is 4.57 Å². The molecular weight excluding hydrogens is 580 g/mol. The molecule has 11 heteroatoms. The van der Waals surface area contributed by atoms with Gasteiger partial charge in [0.1, 0.15) is 23.3 Å². The summed E-state index contributed by atoms with van der Waals surface area (Å²) in [4.78, 5) is 44.3. The van der Waals surface area contributed by atoms with E-state index in [1.54, 1.807) is 61.5 Å². The summed E-state index contributed by atoms with van der Waals surface area (Å²) in [6, 6.07) is 14.0. The summed E-state index contributed by atoms with van der Waals surface area (Å²) < 4.78 is 18.8. The van der Waals surface area contributed by atoms with Crippen LogP contribution in [0.25, 0.3) is 17.4 Å². The normalized spacial score (nSPS) is 14.9. The van der Waals surface area contributed by atoms with E-state index in [4.69, 9.17) is 30.5 Å². The number of halogens is 1. The van der Waals surface area contributed by atoms with Gasteiger partial charge in [0.2, 0.25) is 0 Å². The number of carbonyl (C=O) groups is 2. The highest BCUT2D eigenvalue weighted by atomic mass is 35.5. The molecule has 5 rings (SSSR count). The zero-order valence-corrected chi connectivity index (χ0v) is 24.6. The number of furan rings is 1. The van der Waals surface area contributed by atoms with Gasteiger partial charge >= 0.3 is 11.9 Å². The van der Waals surface area contributed by atoms with E-state index in [1.807, 2.05) is 6.92 Å². The van der Waals surface area contributed by atoms with Crippen molar-refractivity contribution in [3.05, 3.63) is 107 Å². The van der Waals surface area contributed by atoms with Crippen molar-refractivity contribution in [1.29, 1.82) is 0 Å². The third-order valence-corrected chi connectivity index (χ3v) is 7.92. The van der Waals surface area contributed by atoms with Gasteiger partial charge in [-0.1, -0.05) is 54.5 Å². The Hall–Kier alpha value is -4.41. The molecule has 4 aromatic rings. The highest BCUT2D eigenvalue weighted by Crippen LogP contribution is 2.38. The second kappa shape index (κ2) is 12.2. The average molecular weight is 607 g/mol. The van der Waals surface area contributed by atoms with Crippen LogP contribution in [0.2, 0.25) is 5.02 Å². The smallest absolute Gasteiger partial charge is 0.338 e. The highest BCUT2D eigenvalue weighted by Gasteiger charge is 2.36. The number of ether oxygens (including phenoxy) is 2. The molecule has 216 valence electrons. The fraction of sp³-hybridized carbons (Fsp3) is 0.226. The Kier molecular flexibility index (Phi) is 8.46. The van der Waals surface area contributed by atoms with Gasteiger partial charge in [-0.25, -0.2) is 14.6 Å². The molecule has 0 aliphatic carbocycles. The molecule has 1 aliphatic heterocycles. The Bertz CT molecular complexity index is 1900. The van der Waals surface area contributed by atoms with Gasteiger partial charge in [-0.05, 0) is 49.7 Å². The number of esters is 1. The first-order valence-electron chi connectivity index (χ1n) is 13.2. The monoisotopic (exact) mass is 606 g/mol. The first kappa shape index (κ1) is 29.1. The Labute approximate surface area is 249 Å². The van der Waals surface area contributed by atoms with Gasteiger partial charge in [0.25, 0.3) is 5.56 Å². The van der Waals surface area contributed by atoms with Crippen LogP contribution in [0.4, 0.5) is 0 Å². The van der Waals surface area contributed by atoms with Gasteiger partial charge in [0.05, 0.1) is 35.1 Å². The number of allylic oxidation sites excluding steroid dienone is 1. The molecule has 0 saturated carbocycles. The Balaban J connectivity index is 1.71. The predicted molar refractivity (Wildman–Crippen MR) is 159 cm³/mol. The van der Waals surface area contributed by atoms with Crippen LogP contribution < -0.4 is 19.6 Å². The van der Waals surface area contributed by atoms with Gasteiger partial charge in [0.15, 0.2) is 4.80 Å². The van der Waals surface area contributed by atoms with E-state index < -0.39 is 23.5 Å². The van der Waals surface area contributed by atoms with Crippen molar-refractivity contribution in [3.63, 3.8) is 0 Å². The van der Waals surface area contributed by atoms with Crippen LogP contribution in [0.5, 0.6) is 5.75 Å². The number of hydrogen-bond donors (Lipinski definition) is 1. The van der Waals surface area contributed by atoms with E-state index in [1.165, 1.54) is 17.7 Å². The number of carboxylic acid groups (broad SMARTS) is 1. The van der Waals surface area contributed by atoms with Crippen molar-refractivity contribution in [2.24, 2.45) is 4.99 Å². The number of benzene rings is 2. The van der Waals surface area contributed by atoms with Crippen LogP contribution in [0, 0.1) is 0 Å². The summed E-state index contributed by atoms with van der Waals surface area (Å²) >= 11 is 7.55. The summed E-state index contributed by atoms with van der Waals surface area (Å²) in [6.07, 6.45) is 2.78. The van der Waals surface area contributed by atoms with Crippen LogP contribution >= 0.6 is 22.9 Å². The van der Waals surface area contributed by atoms with Crippen LogP contribution in [0.15, 0.2) is 80.1 Å².